The lowest BCUT2D eigenvalue weighted by Crippen LogP contribution is -2.35. The Hall–Kier alpha value is -2.38. The molecule has 0 spiro atoms. The minimum Gasteiger partial charge on any atom is -0.453 e. The zero-order chi connectivity index (χ0) is 17.2. The van der Waals surface area contributed by atoms with Gasteiger partial charge in [0.15, 0.2) is 6.10 Å². The van der Waals surface area contributed by atoms with Gasteiger partial charge in [0.1, 0.15) is 0 Å². The summed E-state index contributed by atoms with van der Waals surface area (Å²) in [6.07, 6.45) is -7.57. The van der Waals surface area contributed by atoms with Crippen LogP contribution in [0.4, 0.5) is 13.2 Å². The van der Waals surface area contributed by atoms with Gasteiger partial charge in [-0.05, 0) is 25.0 Å². The second-order valence-electron chi connectivity index (χ2n) is 5.09. The molecule has 0 fully saturated rings. The normalized spacial score (nSPS) is 15.6. The van der Waals surface area contributed by atoms with Gasteiger partial charge in [-0.3, -0.25) is 19.3 Å². The van der Waals surface area contributed by atoms with Crippen molar-refractivity contribution >= 4 is 17.8 Å². The quantitative estimate of drug-likeness (QED) is 0.615. The maximum Gasteiger partial charge on any atom is 0.425 e. The zero-order valence-electron chi connectivity index (χ0n) is 12.2. The maximum atomic E-state index is 12.7. The summed E-state index contributed by atoms with van der Waals surface area (Å²) in [5, 5.41) is 0. The summed E-state index contributed by atoms with van der Waals surface area (Å²) in [5.41, 5.74) is 0.481. The lowest BCUT2D eigenvalue weighted by atomic mass is 10.1. The van der Waals surface area contributed by atoms with Crippen LogP contribution < -0.4 is 0 Å². The highest BCUT2D eigenvalue weighted by atomic mass is 19.4. The zero-order valence-corrected chi connectivity index (χ0v) is 12.2. The number of ether oxygens (including phenoxy) is 1. The minimum atomic E-state index is -4.69. The Bertz CT molecular complexity index is 607. The van der Waals surface area contributed by atoms with Crippen molar-refractivity contribution in [3.63, 3.8) is 0 Å². The first kappa shape index (κ1) is 17.0. The molecule has 0 aliphatic carbocycles. The fraction of sp³-hybridized carbons (Fsp3) is 0.400. The van der Waals surface area contributed by atoms with Crippen LogP contribution in [0.5, 0.6) is 0 Å². The van der Waals surface area contributed by atoms with E-state index in [0.29, 0.717) is 0 Å². The Labute approximate surface area is 130 Å². The molecule has 0 saturated heterocycles. The van der Waals surface area contributed by atoms with Gasteiger partial charge in [-0.2, -0.15) is 13.2 Å². The van der Waals surface area contributed by atoms with E-state index in [1.54, 1.807) is 12.1 Å². The number of esters is 1. The van der Waals surface area contributed by atoms with Gasteiger partial charge in [0, 0.05) is 13.5 Å². The second-order valence-corrected chi connectivity index (χ2v) is 5.09. The highest BCUT2D eigenvalue weighted by Gasteiger charge is 2.42. The van der Waals surface area contributed by atoms with E-state index in [2.05, 4.69) is 4.74 Å². The molecule has 1 aromatic carbocycles. The van der Waals surface area contributed by atoms with Crippen LogP contribution >= 0.6 is 0 Å². The van der Waals surface area contributed by atoms with E-state index in [1.165, 1.54) is 12.1 Å². The summed E-state index contributed by atoms with van der Waals surface area (Å²) < 4.78 is 42.4. The molecule has 0 radical (unpaired) electrons. The van der Waals surface area contributed by atoms with E-state index in [0.717, 1.165) is 11.8 Å². The van der Waals surface area contributed by atoms with Crippen molar-refractivity contribution in [3.8, 4) is 0 Å². The number of amides is 2. The third kappa shape index (κ3) is 3.69. The smallest absolute Gasteiger partial charge is 0.425 e. The molecule has 5 nitrogen and oxygen atoms in total. The SMILES string of the molecule is CC(=O)O[C@@H](CCCN1C(=O)c2ccccc2C1=O)C(F)(F)F. The third-order valence-electron chi connectivity index (χ3n) is 3.40. The second kappa shape index (κ2) is 6.39. The number of alkyl halides is 3. The fourth-order valence-corrected chi connectivity index (χ4v) is 2.37. The summed E-state index contributed by atoms with van der Waals surface area (Å²) in [4.78, 5) is 35.8. The Balaban J connectivity index is 1.98. The van der Waals surface area contributed by atoms with Crippen LogP contribution in [-0.4, -0.2) is 41.5 Å². The van der Waals surface area contributed by atoms with Crippen molar-refractivity contribution in [2.75, 3.05) is 6.54 Å². The molecule has 0 saturated carbocycles. The number of fused-ring (bicyclic) bond motifs is 1. The number of carbonyl (C=O) groups excluding carboxylic acids is 3. The van der Waals surface area contributed by atoms with Gasteiger partial charge in [0.2, 0.25) is 0 Å². The van der Waals surface area contributed by atoms with Crippen molar-refractivity contribution < 1.29 is 32.3 Å². The highest BCUT2D eigenvalue weighted by Crippen LogP contribution is 2.28. The minimum absolute atomic E-state index is 0.122. The first-order valence-electron chi connectivity index (χ1n) is 6.91. The van der Waals surface area contributed by atoms with E-state index in [1.807, 2.05) is 0 Å². The standard InChI is InChI=1S/C15H14F3NO4/c1-9(20)23-12(15(16,17)18)7-4-8-19-13(21)10-5-2-3-6-11(10)14(19)22/h2-3,5-6,12H,4,7-8H2,1H3/t12-/m0/s1. The molecule has 8 heteroatoms. The Morgan fingerprint density at radius 1 is 1.17 bits per heavy atom. The molecule has 0 unspecified atom stereocenters. The number of imide groups is 1. The Morgan fingerprint density at radius 2 is 1.70 bits per heavy atom. The molecule has 0 N–H and O–H groups in total. The van der Waals surface area contributed by atoms with Crippen molar-refractivity contribution in [2.24, 2.45) is 0 Å². The van der Waals surface area contributed by atoms with Gasteiger partial charge in [-0.1, -0.05) is 12.1 Å². The lowest BCUT2D eigenvalue weighted by molar-refractivity contribution is -0.221. The molecular weight excluding hydrogens is 315 g/mol. The van der Waals surface area contributed by atoms with Gasteiger partial charge in [0.25, 0.3) is 11.8 Å². The fourth-order valence-electron chi connectivity index (χ4n) is 2.37. The molecule has 1 heterocycles. The van der Waals surface area contributed by atoms with Crippen LogP contribution in [0.15, 0.2) is 24.3 Å². The van der Waals surface area contributed by atoms with E-state index in [4.69, 9.17) is 0 Å². The number of hydrogen-bond acceptors (Lipinski definition) is 4. The average molecular weight is 329 g/mol. The lowest BCUT2D eigenvalue weighted by Gasteiger charge is -2.21. The van der Waals surface area contributed by atoms with E-state index < -0.39 is 36.5 Å². The van der Waals surface area contributed by atoms with Gasteiger partial charge in [0.05, 0.1) is 11.1 Å². The van der Waals surface area contributed by atoms with Crippen LogP contribution in [0.1, 0.15) is 40.5 Å². The molecule has 1 aliphatic heterocycles. The molecule has 1 atom stereocenters. The first-order chi connectivity index (χ1) is 10.7. The molecule has 124 valence electrons. The molecule has 0 bridgehead atoms. The van der Waals surface area contributed by atoms with Crippen molar-refractivity contribution in [3.05, 3.63) is 35.4 Å². The predicted molar refractivity (Wildman–Crippen MR) is 72.7 cm³/mol. The summed E-state index contributed by atoms with van der Waals surface area (Å²) in [6.45, 7) is 0.725. The molecule has 23 heavy (non-hydrogen) atoms. The van der Waals surface area contributed by atoms with Crippen molar-refractivity contribution in [2.45, 2.75) is 32.0 Å². The monoisotopic (exact) mass is 329 g/mol. The van der Waals surface area contributed by atoms with Crippen LogP contribution in [0.2, 0.25) is 0 Å². The average Bonchev–Trinajstić information content (AvgIpc) is 2.70. The van der Waals surface area contributed by atoms with Crippen LogP contribution in [0, 0.1) is 0 Å². The number of carbonyl (C=O) groups is 3. The topological polar surface area (TPSA) is 63.7 Å². The summed E-state index contributed by atoms with van der Waals surface area (Å²) in [5.74, 6) is -2.09. The van der Waals surface area contributed by atoms with Crippen molar-refractivity contribution in [1.29, 1.82) is 0 Å². The summed E-state index contributed by atoms with van der Waals surface area (Å²) in [6, 6.07) is 6.20. The van der Waals surface area contributed by atoms with Crippen LogP contribution in [0.25, 0.3) is 0 Å². The first-order valence-corrected chi connectivity index (χ1v) is 6.91. The van der Waals surface area contributed by atoms with Crippen molar-refractivity contribution in [1.82, 2.24) is 4.90 Å². The van der Waals surface area contributed by atoms with Gasteiger partial charge < -0.3 is 4.74 Å². The van der Waals surface area contributed by atoms with E-state index >= 15 is 0 Å². The van der Waals surface area contributed by atoms with E-state index in [-0.39, 0.29) is 24.1 Å². The number of benzene rings is 1. The third-order valence-corrected chi connectivity index (χ3v) is 3.40. The highest BCUT2D eigenvalue weighted by molar-refractivity contribution is 6.21. The predicted octanol–water partition coefficient (Wildman–Crippen LogP) is 2.56. The number of rotatable bonds is 5. The van der Waals surface area contributed by atoms with Gasteiger partial charge in [-0.25, -0.2) is 0 Å². The molecular formula is C15H14F3NO4. The van der Waals surface area contributed by atoms with Gasteiger partial charge >= 0.3 is 12.1 Å². The maximum absolute atomic E-state index is 12.7. The molecule has 0 aromatic heterocycles. The number of halogens is 3. The number of hydrogen-bond donors (Lipinski definition) is 0. The Morgan fingerprint density at radius 3 is 2.13 bits per heavy atom. The summed E-state index contributed by atoms with van der Waals surface area (Å²) in [7, 11) is 0. The summed E-state index contributed by atoms with van der Waals surface area (Å²) >= 11 is 0. The van der Waals surface area contributed by atoms with Crippen LogP contribution in [-0.2, 0) is 9.53 Å². The van der Waals surface area contributed by atoms with Gasteiger partial charge in [-0.15, -0.1) is 0 Å². The van der Waals surface area contributed by atoms with Crippen LogP contribution in [0.3, 0.4) is 0 Å². The number of nitrogens with zero attached hydrogens (tertiary/aromatic N) is 1. The largest absolute Gasteiger partial charge is 0.453 e. The molecule has 1 aliphatic rings. The Kier molecular flexibility index (Phi) is 4.72. The van der Waals surface area contributed by atoms with E-state index in [9.17, 15) is 27.6 Å². The molecule has 2 rings (SSSR count). The molecule has 1 aromatic rings. The molecule has 2 amide bonds.